The van der Waals surface area contributed by atoms with Crippen LogP contribution in [0.1, 0.15) is 72.1 Å². The van der Waals surface area contributed by atoms with Gasteiger partial charge in [-0.05, 0) is 61.7 Å². The number of Topliss-reactive ketones (excluding diaryl/α,β-unsaturated/α-hetero) is 2. The fraction of sp³-hybridized carbons (Fsp3) is 0.870. The number of rotatable bonds is 4. The van der Waals surface area contributed by atoms with Crippen LogP contribution in [0.2, 0.25) is 0 Å². The summed E-state index contributed by atoms with van der Waals surface area (Å²) in [5.41, 5.74) is 6.44. The summed E-state index contributed by atoms with van der Waals surface area (Å²) in [6, 6.07) is 0. The van der Waals surface area contributed by atoms with Crippen molar-refractivity contribution in [2.24, 2.45) is 51.3 Å². The van der Waals surface area contributed by atoms with E-state index in [1.165, 1.54) is 0 Å². The Morgan fingerprint density at radius 2 is 1.93 bits per heavy atom. The van der Waals surface area contributed by atoms with Crippen molar-refractivity contribution in [1.82, 2.24) is 0 Å². The molecule has 0 aromatic rings. The third-order valence-corrected chi connectivity index (χ3v) is 9.07. The van der Waals surface area contributed by atoms with Crippen molar-refractivity contribution in [1.29, 1.82) is 0 Å². The summed E-state index contributed by atoms with van der Waals surface area (Å²) in [5, 5.41) is 4.40. The van der Waals surface area contributed by atoms with E-state index in [-0.39, 0.29) is 22.7 Å². The summed E-state index contributed by atoms with van der Waals surface area (Å²) in [6.45, 7) is 7.59. The van der Waals surface area contributed by atoms with Gasteiger partial charge in [-0.15, -0.1) is 0 Å². The van der Waals surface area contributed by atoms with E-state index in [0.717, 1.165) is 44.2 Å². The van der Waals surface area contributed by atoms with Crippen molar-refractivity contribution in [3.63, 3.8) is 0 Å². The highest BCUT2D eigenvalue weighted by molar-refractivity contribution is 5.95. The third kappa shape index (κ3) is 2.79. The van der Waals surface area contributed by atoms with Crippen LogP contribution in [0.5, 0.6) is 0 Å². The maximum Gasteiger partial charge on any atom is 0.139 e. The number of fused-ring (bicyclic) bond motifs is 5. The average Bonchev–Trinajstić information content (AvgIpc) is 2.97. The number of nitrogens with zero attached hydrogens (tertiary/aromatic N) is 1. The van der Waals surface area contributed by atoms with Gasteiger partial charge < -0.3 is 10.6 Å². The van der Waals surface area contributed by atoms with Crippen LogP contribution >= 0.6 is 0 Å². The van der Waals surface area contributed by atoms with E-state index in [2.05, 4.69) is 25.9 Å². The van der Waals surface area contributed by atoms with Gasteiger partial charge in [-0.25, -0.2) is 0 Å². The van der Waals surface area contributed by atoms with Crippen LogP contribution in [0.25, 0.3) is 0 Å². The fourth-order valence-corrected chi connectivity index (χ4v) is 7.69. The average molecular weight is 389 g/mol. The molecule has 0 amide bonds. The van der Waals surface area contributed by atoms with Crippen molar-refractivity contribution < 1.29 is 14.4 Å². The summed E-state index contributed by atoms with van der Waals surface area (Å²) < 4.78 is 0. The SMILES string of the molecule is CCC1/C(=N/OCCN)CC[C@@]2(C)C1C(=O)C[C@@H]1[C@H]2CC[C@]2(C)C(=O)CC[C@@H]12. The predicted molar refractivity (Wildman–Crippen MR) is 109 cm³/mol. The minimum Gasteiger partial charge on any atom is -0.394 e. The molecule has 4 fully saturated rings. The largest absolute Gasteiger partial charge is 0.394 e. The fourth-order valence-electron chi connectivity index (χ4n) is 7.69. The number of nitrogens with two attached hydrogens (primary N) is 1. The molecule has 0 saturated heterocycles. The van der Waals surface area contributed by atoms with Crippen LogP contribution in [0, 0.1) is 40.4 Å². The number of hydrogen-bond donors (Lipinski definition) is 1. The van der Waals surface area contributed by atoms with E-state index < -0.39 is 0 Å². The van der Waals surface area contributed by atoms with Crippen LogP contribution in [-0.2, 0) is 14.4 Å². The van der Waals surface area contributed by atoms with Crippen LogP contribution < -0.4 is 5.73 Å². The molecule has 0 bridgehead atoms. The van der Waals surface area contributed by atoms with Gasteiger partial charge in [0.2, 0.25) is 0 Å². The molecule has 2 unspecified atom stereocenters. The Balaban J connectivity index is 1.64. The normalized spacial score (nSPS) is 46.9. The lowest BCUT2D eigenvalue weighted by Crippen LogP contribution is -2.59. The Labute approximate surface area is 168 Å². The quantitative estimate of drug-likeness (QED) is 0.587. The summed E-state index contributed by atoms with van der Waals surface area (Å²) in [5.74, 6) is 2.44. The number of ketones is 2. The first-order valence-electron chi connectivity index (χ1n) is 11.3. The van der Waals surface area contributed by atoms with Gasteiger partial charge in [0.1, 0.15) is 18.2 Å². The topological polar surface area (TPSA) is 81.8 Å². The third-order valence-electron chi connectivity index (χ3n) is 9.07. The zero-order chi connectivity index (χ0) is 20.1. The number of carbonyl (C=O) groups excluding carboxylic acids is 2. The van der Waals surface area contributed by atoms with Gasteiger partial charge in [-0.2, -0.15) is 0 Å². The Kier molecular flexibility index (Phi) is 5.18. The van der Waals surface area contributed by atoms with Gasteiger partial charge >= 0.3 is 0 Å². The van der Waals surface area contributed by atoms with Crippen LogP contribution in [-0.4, -0.2) is 30.4 Å². The number of oxime groups is 1. The molecular weight excluding hydrogens is 352 g/mol. The first-order valence-corrected chi connectivity index (χ1v) is 11.3. The second kappa shape index (κ2) is 7.23. The molecule has 0 spiro atoms. The van der Waals surface area contributed by atoms with E-state index >= 15 is 0 Å². The van der Waals surface area contributed by atoms with Crippen molar-refractivity contribution in [2.45, 2.75) is 72.1 Å². The van der Waals surface area contributed by atoms with Crippen molar-refractivity contribution in [2.75, 3.05) is 13.2 Å². The van der Waals surface area contributed by atoms with Crippen molar-refractivity contribution in [3.8, 4) is 0 Å². The maximum absolute atomic E-state index is 13.5. The molecule has 4 aliphatic rings. The molecule has 156 valence electrons. The van der Waals surface area contributed by atoms with Gasteiger partial charge in [0.25, 0.3) is 0 Å². The van der Waals surface area contributed by atoms with Crippen molar-refractivity contribution >= 4 is 17.3 Å². The smallest absolute Gasteiger partial charge is 0.139 e. The zero-order valence-corrected chi connectivity index (χ0v) is 17.7. The Hall–Kier alpha value is -1.23. The second-order valence-corrected chi connectivity index (χ2v) is 10.2. The highest BCUT2D eigenvalue weighted by Gasteiger charge is 2.63. The summed E-state index contributed by atoms with van der Waals surface area (Å²) in [6.07, 6.45) is 7.30. The molecule has 7 atom stereocenters. The monoisotopic (exact) mass is 388 g/mol. The molecular formula is C23H36N2O3. The lowest BCUT2D eigenvalue weighted by molar-refractivity contribution is -0.156. The van der Waals surface area contributed by atoms with Crippen molar-refractivity contribution in [3.05, 3.63) is 0 Å². The summed E-state index contributed by atoms with van der Waals surface area (Å²) >= 11 is 0. The van der Waals surface area contributed by atoms with E-state index in [1.807, 2.05) is 0 Å². The van der Waals surface area contributed by atoms with E-state index in [9.17, 15) is 9.59 Å². The minimum absolute atomic E-state index is 0.0283. The molecule has 4 rings (SSSR count). The van der Waals surface area contributed by atoms with Gasteiger partial charge in [0.05, 0.1) is 5.71 Å². The molecule has 0 aliphatic heterocycles. The van der Waals surface area contributed by atoms with Crippen LogP contribution in [0.4, 0.5) is 0 Å². The molecule has 0 radical (unpaired) electrons. The Morgan fingerprint density at radius 3 is 2.64 bits per heavy atom. The van der Waals surface area contributed by atoms with Gasteiger partial charge in [0, 0.05) is 36.6 Å². The predicted octanol–water partition coefficient (Wildman–Crippen LogP) is 3.74. The molecule has 4 aliphatic carbocycles. The van der Waals surface area contributed by atoms with E-state index in [0.29, 0.717) is 55.3 Å². The first kappa shape index (κ1) is 20.1. The second-order valence-electron chi connectivity index (χ2n) is 10.2. The minimum atomic E-state index is -0.174. The standard InChI is InChI=1S/C23H36N2O3/c1-4-14-18(25-28-12-11-24)8-10-23(3)17-7-9-22(2)16(5-6-20(22)27)15(17)13-19(26)21(14)23/h14-17,21H,4-13,24H2,1-3H3/b25-18+/t14?,15-,16-,17+,21?,22-,23+/m0/s1. The Morgan fingerprint density at radius 1 is 1.14 bits per heavy atom. The van der Waals surface area contributed by atoms with Crippen LogP contribution in [0.15, 0.2) is 5.16 Å². The van der Waals surface area contributed by atoms with Gasteiger partial charge in [0.15, 0.2) is 0 Å². The molecule has 4 saturated carbocycles. The molecule has 5 heteroatoms. The first-order chi connectivity index (χ1) is 13.4. The summed E-state index contributed by atoms with van der Waals surface area (Å²) in [7, 11) is 0. The number of hydrogen-bond acceptors (Lipinski definition) is 5. The van der Waals surface area contributed by atoms with Gasteiger partial charge in [-0.3, -0.25) is 9.59 Å². The van der Waals surface area contributed by atoms with Gasteiger partial charge in [-0.1, -0.05) is 25.9 Å². The van der Waals surface area contributed by atoms with Crippen LogP contribution in [0.3, 0.4) is 0 Å². The molecule has 2 N–H and O–H groups in total. The number of carbonyl (C=O) groups is 2. The lowest BCUT2D eigenvalue weighted by atomic mass is 9.43. The highest BCUT2D eigenvalue weighted by atomic mass is 16.6. The molecule has 0 aromatic heterocycles. The lowest BCUT2D eigenvalue weighted by Gasteiger charge is -2.60. The Bertz CT molecular complexity index is 689. The zero-order valence-electron chi connectivity index (χ0n) is 17.7. The highest BCUT2D eigenvalue weighted by Crippen LogP contribution is 2.65. The van der Waals surface area contributed by atoms with E-state index in [1.54, 1.807) is 0 Å². The molecule has 5 nitrogen and oxygen atoms in total. The van der Waals surface area contributed by atoms with E-state index in [4.69, 9.17) is 10.6 Å². The molecule has 28 heavy (non-hydrogen) atoms. The summed E-state index contributed by atoms with van der Waals surface area (Å²) in [4.78, 5) is 31.5. The maximum atomic E-state index is 13.5. The molecule has 0 heterocycles. The molecule has 0 aromatic carbocycles.